The number of carbonyl (C=O) groups excluding carboxylic acids is 1. The van der Waals surface area contributed by atoms with Crippen LogP contribution in [0.15, 0.2) is 55.4 Å². The normalized spacial score (nSPS) is 23.2. The van der Waals surface area contributed by atoms with Crippen molar-refractivity contribution in [2.45, 2.75) is 50.7 Å². The van der Waals surface area contributed by atoms with E-state index in [0.29, 0.717) is 24.9 Å². The number of ketones is 1. The molecule has 0 spiro atoms. The number of likely N-dealkylation sites (tertiary alicyclic amines) is 1. The van der Waals surface area contributed by atoms with E-state index >= 15 is 0 Å². The molecular weight excluding hydrogens is 436 g/mol. The van der Waals surface area contributed by atoms with Crippen molar-refractivity contribution in [3.05, 3.63) is 72.1 Å². The number of imidazole rings is 1. The number of hydrogen-bond acceptors (Lipinski definition) is 5. The van der Waals surface area contributed by atoms with Crippen molar-refractivity contribution in [1.29, 1.82) is 0 Å². The van der Waals surface area contributed by atoms with Crippen LogP contribution in [-0.2, 0) is 17.4 Å². The van der Waals surface area contributed by atoms with Gasteiger partial charge in [0.15, 0.2) is 5.78 Å². The van der Waals surface area contributed by atoms with E-state index in [9.17, 15) is 9.90 Å². The smallest absolute Gasteiger partial charge is 0.152 e. The van der Waals surface area contributed by atoms with E-state index in [0.717, 1.165) is 66.6 Å². The molecule has 2 fully saturated rings. The van der Waals surface area contributed by atoms with Gasteiger partial charge in [-0.1, -0.05) is 36.4 Å². The van der Waals surface area contributed by atoms with Gasteiger partial charge in [0.25, 0.3) is 0 Å². The van der Waals surface area contributed by atoms with E-state index < -0.39 is 5.60 Å². The number of hydrogen-bond donors (Lipinski definition) is 2. The van der Waals surface area contributed by atoms with Crippen molar-refractivity contribution >= 4 is 22.5 Å². The van der Waals surface area contributed by atoms with Crippen molar-refractivity contribution in [2.75, 3.05) is 19.6 Å². The highest BCUT2D eigenvalue weighted by Gasteiger charge is 2.40. The summed E-state index contributed by atoms with van der Waals surface area (Å²) in [7, 11) is 1.99. The lowest BCUT2D eigenvalue weighted by atomic mass is 9.76. The Bertz CT molecular complexity index is 1230. The second-order valence-corrected chi connectivity index (χ2v) is 10.6. The maximum atomic E-state index is 12.5. The van der Waals surface area contributed by atoms with Gasteiger partial charge in [0.2, 0.25) is 0 Å². The molecule has 1 saturated heterocycles. The minimum absolute atomic E-state index is 0.243. The lowest BCUT2D eigenvalue weighted by Crippen LogP contribution is -2.54. The average molecular weight is 473 g/mol. The third-order valence-corrected chi connectivity index (χ3v) is 7.93. The predicted molar refractivity (Wildman–Crippen MR) is 140 cm³/mol. The largest absolute Gasteiger partial charge is 0.385 e. The number of Topliss-reactive ketones (excluding diaryl/α,β-unsaturated/α-hetero) is 1. The van der Waals surface area contributed by atoms with Crippen LogP contribution in [0.3, 0.4) is 0 Å². The Morgan fingerprint density at radius 2 is 1.97 bits per heavy atom. The molecule has 0 atom stereocenters. The molecule has 1 aromatic heterocycles. The van der Waals surface area contributed by atoms with Crippen LogP contribution in [0, 0.1) is 12.8 Å². The number of nitrogens with one attached hydrogen (secondary N) is 1. The van der Waals surface area contributed by atoms with Gasteiger partial charge in [-0.3, -0.25) is 9.69 Å². The molecule has 35 heavy (non-hydrogen) atoms. The van der Waals surface area contributed by atoms with Gasteiger partial charge in [0, 0.05) is 38.3 Å². The zero-order valence-electron chi connectivity index (χ0n) is 20.8. The minimum Gasteiger partial charge on any atom is -0.385 e. The van der Waals surface area contributed by atoms with Crippen LogP contribution >= 0.6 is 0 Å². The highest BCUT2D eigenvalue weighted by molar-refractivity contribution is 5.82. The SMILES string of the molecule is C=C(NCC(=O)CC1CN(C2CCC(O)(c3ccc4ncn(C)c4c3)CC2)C1)c1cccc(C)c1. The monoisotopic (exact) mass is 472 g/mol. The summed E-state index contributed by atoms with van der Waals surface area (Å²) in [6, 6.07) is 14.8. The summed E-state index contributed by atoms with van der Waals surface area (Å²) >= 11 is 0. The molecule has 2 N–H and O–H groups in total. The van der Waals surface area contributed by atoms with Gasteiger partial charge in [-0.2, -0.15) is 0 Å². The molecule has 6 heteroatoms. The van der Waals surface area contributed by atoms with Gasteiger partial charge in [-0.25, -0.2) is 4.98 Å². The summed E-state index contributed by atoms with van der Waals surface area (Å²) in [6.07, 6.45) is 5.94. The second kappa shape index (κ2) is 9.59. The summed E-state index contributed by atoms with van der Waals surface area (Å²) in [5, 5.41) is 14.6. The number of aromatic nitrogens is 2. The number of benzene rings is 2. The van der Waals surface area contributed by atoms with Gasteiger partial charge >= 0.3 is 0 Å². The lowest BCUT2D eigenvalue weighted by Gasteiger charge is -2.48. The number of rotatable bonds is 8. The minimum atomic E-state index is -0.763. The highest BCUT2D eigenvalue weighted by Crippen LogP contribution is 2.41. The van der Waals surface area contributed by atoms with Crippen molar-refractivity contribution in [3.8, 4) is 0 Å². The zero-order valence-corrected chi connectivity index (χ0v) is 20.8. The molecule has 6 nitrogen and oxygen atoms in total. The zero-order chi connectivity index (χ0) is 24.6. The van der Waals surface area contributed by atoms with Crippen molar-refractivity contribution in [2.24, 2.45) is 13.0 Å². The molecule has 2 aromatic carbocycles. The quantitative estimate of drug-likeness (QED) is 0.515. The third-order valence-electron chi connectivity index (χ3n) is 7.93. The first kappa shape index (κ1) is 23.8. The van der Waals surface area contributed by atoms with Crippen LogP contribution in [0.25, 0.3) is 16.7 Å². The average Bonchev–Trinajstić information content (AvgIpc) is 3.20. The van der Waals surface area contributed by atoms with Gasteiger partial charge in [0.05, 0.1) is 29.5 Å². The molecule has 2 aliphatic rings. The number of carbonyl (C=O) groups is 1. The Morgan fingerprint density at radius 1 is 1.20 bits per heavy atom. The standard InChI is InChI=1S/C29H36N4O2/c1-20-5-4-6-23(13-20)21(2)30-16-26(34)14-22-17-33(18-22)25-9-11-29(35,12-10-25)24-7-8-27-28(15-24)32(3)19-31-27/h4-8,13,15,19,22,25,30,35H,2,9-12,14,16-18H2,1,3H3. The Morgan fingerprint density at radius 3 is 2.71 bits per heavy atom. The van der Waals surface area contributed by atoms with Gasteiger partial charge in [-0.05, 0) is 67.9 Å². The first-order valence-corrected chi connectivity index (χ1v) is 12.7. The fourth-order valence-corrected chi connectivity index (χ4v) is 5.72. The Hall–Kier alpha value is -2.96. The molecule has 5 rings (SSSR count). The van der Waals surface area contributed by atoms with E-state index in [-0.39, 0.29) is 5.78 Å². The van der Waals surface area contributed by atoms with Crippen LogP contribution < -0.4 is 5.32 Å². The molecule has 184 valence electrons. The molecule has 0 radical (unpaired) electrons. The van der Waals surface area contributed by atoms with Crippen molar-refractivity contribution in [1.82, 2.24) is 19.8 Å². The Labute approximate surface area is 207 Å². The summed E-state index contributed by atoms with van der Waals surface area (Å²) in [5.74, 6) is 0.677. The maximum absolute atomic E-state index is 12.5. The predicted octanol–water partition coefficient (Wildman–Crippen LogP) is 4.16. The number of aryl methyl sites for hydroxylation is 2. The van der Waals surface area contributed by atoms with Crippen LogP contribution in [0.4, 0.5) is 0 Å². The van der Waals surface area contributed by atoms with Crippen molar-refractivity contribution in [3.63, 3.8) is 0 Å². The molecule has 0 bridgehead atoms. The molecule has 0 unspecified atom stereocenters. The molecular formula is C29H36N4O2. The van der Waals surface area contributed by atoms with Crippen LogP contribution in [0.1, 0.15) is 48.8 Å². The van der Waals surface area contributed by atoms with Crippen LogP contribution in [-0.4, -0.2) is 51.0 Å². The van der Waals surface area contributed by atoms with Crippen LogP contribution in [0.2, 0.25) is 0 Å². The van der Waals surface area contributed by atoms with Gasteiger partial charge in [0.1, 0.15) is 0 Å². The highest BCUT2D eigenvalue weighted by atomic mass is 16.3. The fourth-order valence-electron chi connectivity index (χ4n) is 5.72. The van der Waals surface area contributed by atoms with E-state index in [1.165, 1.54) is 5.56 Å². The molecule has 2 heterocycles. The summed E-state index contributed by atoms with van der Waals surface area (Å²) in [4.78, 5) is 19.4. The molecule has 1 aliphatic carbocycles. The molecule has 3 aromatic rings. The maximum Gasteiger partial charge on any atom is 0.152 e. The fraction of sp³-hybridized carbons (Fsp3) is 0.448. The third kappa shape index (κ3) is 5.04. The van der Waals surface area contributed by atoms with Crippen molar-refractivity contribution < 1.29 is 9.90 Å². The van der Waals surface area contributed by atoms with Gasteiger partial charge < -0.3 is 15.0 Å². The molecule has 1 aliphatic heterocycles. The molecule has 0 amide bonds. The number of fused-ring (bicyclic) bond motifs is 1. The first-order chi connectivity index (χ1) is 16.8. The summed E-state index contributed by atoms with van der Waals surface area (Å²) < 4.78 is 2.00. The van der Waals surface area contributed by atoms with E-state index in [1.807, 2.05) is 42.2 Å². The summed E-state index contributed by atoms with van der Waals surface area (Å²) in [5.41, 5.74) is 5.27. The summed E-state index contributed by atoms with van der Waals surface area (Å²) in [6.45, 7) is 8.43. The van der Waals surface area contributed by atoms with Gasteiger partial charge in [-0.15, -0.1) is 0 Å². The van der Waals surface area contributed by atoms with E-state index in [4.69, 9.17) is 0 Å². The Kier molecular flexibility index (Phi) is 6.51. The molecule has 1 saturated carbocycles. The topological polar surface area (TPSA) is 70.4 Å². The van der Waals surface area contributed by atoms with Crippen LogP contribution in [0.5, 0.6) is 0 Å². The van der Waals surface area contributed by atoms with E-state index in [1.54, 1.807) is 0 Å². The number of nitrogens with zero attached hydrogens (tertiary/aromatic N) is 3. The first-order valence-electron chi connectivity index (χ1n) is 12.7. The number of aliphatic hydroxyl groups is 1. The van der Waals surface area contributed by atoms with E-state index in [2.05, 4.69) is 46.9 Å². The second-order valence-electron chi connectivity index (χ2n) is 10.6. The lowest BCUT2D eigenvalue weighted by molar-refractivity contribution is -0.121. The Balaban J connectivity index is 1.06.